The average Bonchev–Trinajstić information content (AvgIpc) is 3.47. The summed E-state index contributed by atoms with van der Waals surface area (Å²) in [5.41, 5.74) is 2.30. The van der Waals surface area contributed by atoms with E-state index in [1.54, 1.807) is 0 Å². The summed E-state index contributed by atoms with van der Waals surface area (Å²) < 4.78 is 0. The maximum Gasteiger partial charge on any atom is 0.230 e. The molecule has 25 heavy (non-hydrogen) atoms. The first kappa shape index (κ1) is 16.6. The zero-order valence-corrected chi connectivity index (χ0v) is 15.0. The minimum atomic E-state index is -0.108. The maximum absolute atomic E-state index is 13.0. The molecule has 1 saturated carbocycles. The van der Waals surface area contributed by atoms with Crippen molar-refractivity contribution < 1.29 is 9.59 Å². The van der Waals surface area contributed by atoms with Crippen LogP contribution in [0.25, 0.3) is 0 Å². The molecule has 2 fully saturated rings. The minimum absolute atomic E-state index is 0.0882. The third-order valence-corrected chi connectivity index (χ3v) is 5.93. The van der Waals surface area contributed by atoms with Crippen LogP contribution in [-0.2, 0) is 16.0 Å². The summed E-state index contributed by atoms with van der Waals surface area (Å²) in [5, 5.41) is 0. The fourth-order valence-corrected chi connectivity index (χ4v) is 4.22. The first-order valence-corrected chi connectivity index (χ1v) is 9.59. The lowest BCUT2D eigenvalue weighted by atomic mass is 10.0. The van der Waals surface area contributed by atoms with E-state index in [4.69, 9.17) is 0 Å². The number of para-hydroxylation sites is 1. The van der Waals surface area contributed by atoms with Crippen molar-refractivity contribution in [1.29, 1.82) is 0 Å². The molecule has 0 N–H and O–H groups in total. The topological polar surface area (TPSA) is 43.9 Å². The van der Waals surface area contributed by atoms with Gasteiger partial charge < -0.3 is 14.7 Å². The van der Waals surface area contributed by atoms with Gasteiger partial charge in [0, 0.05) is 38.4 Å². The van der Waals surface area contributed by atoms with Gasteiger partial charge in [-0.25, -0.2) is 0 Å². The molecule has 1 aromatic carbocycles. The van der Waals surface area contributed by atoms with Gasteiger partial charge >= 0.3 is 0 Å². The van der Waals surface area contributed by atoms with Gasteiger partial charge in [0.15, 0.2) is 0 Å². The number of piperazine rings is 1. The lowest BCUT2D eigenvalue weighted by Gasteiger charge is -2.34. The Morgan fingerprint density at radius 2 is 1.72 bits per heavy atom. The second-order valence-corrected chi connectivity index (χ2v) is 7.43. The van der Waals surface area contributed by atoms with Crippen LogP contribution in [0.2, 0.25) is 0 Å². The Balaban J connectivity index is 1.39. The van der Waals surface area contributed by atoms with Crippen LogP contribution >= 0.6 is 0 Å². The highest BCUT2D eigenvalue weighted by atomic mass is 16.2. The van der Waals surface area contributed by atoms with E-state index >= 15 is 0 Å². The normalized spacial score (nSPS) is 26.3. The fourth-order valence-electron chi connectivity index (χ4n) is 4.22. The van der Waals surface area contributed by atoms with Gasteiger partial charge in [0.25, 0.3) is 0 Å². The number of hydrogen-bond acceptors (Lipinski definition) is 3. The number of hydrogen-bond donors (Lipinski definition) is 0. The van der Waals surface area contributed by atoms with Crippen LogP contribution in [0.3, 0.4) is 0 Å². The van der Waals surface area contributed by atoms with E-state index in [2.05, 4.69) is 17.9 Å². The molecular formula is C20H27N3O2. The number of amides is 2. The monoisotopic (exact) mass is 341 g/mol. The third-order valence-electron chi connectivity index (χ3n) is 5.93. The first-order valence-electron chi connectivity index (χ1n) is 9.59. The molecule has 0 radical (unpaired) electrons. The maximum atomic E-state index is 13.0. The quantitative estimate of drug-likeness (QED) is 0.842. The Morgan fingerprint density at radius 1 is 1.00 bits per heavy atom. The van der Waals surface area contributed by atoms with Crippen molar-refractivity contribution in [3.63, 3.8) is 0 Å². The number of carbonyl (C=O) groups excluding carboxylic acids is 2. The molecule has 2 aliphatic heterocycles. The van der Waals surface area contributed by atoms with E-state index in [9.17, 15) is 9.59 Å². The van der Waals surface area contributed by atoms with Crippen LogP contribution in [0.5, 0.6) is 0 Å². The molecule has 0 bridgehead atoms. The first-order chi connectivity index (χ1) is 12.2. The number of aryl methyl sites for hydroxylation is 1. The highest BCUT2D eigenvalue weighted by Gasteiger charge is 2.51. The van der Waals surface area contributed by atoms with Gasteiger partial charge in [-0.2, -0.15) is 0 Å². The van der Waals surface area contributed by atoms with Crippen molar-refractivity contribution >= 4 is 17.5 Å². The summed E-state index contributed by atoms with van der Waals surface area (Å²) >= 11 is 0. The van der Waals surface area contributed by atoms with Crippen molar-refractivity contribution in [3.05, 3.63) is 29.8 Å². The van der Waals surface area contributed by atoms with Crippen LogP contribution in [0.1, 0.15) is 25.3 Å². The lowest BCUT2D eigenvalue weighted by Crippen LogP contribution is -2.49. The van der Waals surface area contributed by atoms with Gasteiger partial charge in [-0.1, -0.05) is 25.1 Å². The third kappa shape index (κ3) is 3.17. The number of carbonyl (C=O) groups is 2. The van der Waals surface area contributed by atoms with E-state index in [0.29, 0.717) is 0 Å². The van der Waals surface area contributed by atoms with Crippen molar-refractivity contribution in [2.45, 2.75) is 26.2 Å². The predicted molar refractivity (Wildman–Crippen MR) is 97.4 cm³/mol. The largest absolute Gasteiger partial charge is 0.340 e. The Morgan fingerprint density at radius 3 is 2.48 bits per heavy atom. The highest BCUT2D eigenvalue weighted by molar-refractivity contribution is 6.01. The summed E-state index contributed by atoms with van der Waals surface area (Å²) in [4.78, 5) is 32.0. The number of rotatable bonds is 3. The molecule has 0 spiro atoms. The number of fused-ring (bicyclic) bond motifs is 1. The molecule has 5 nitrogen and oxygen atoms in total. The summed E-state index contributed by atoms with van der Waals surface area (Å²) in [6.07, 6.45) is 2.77. The summed E-state index contributed by atoms with van der Waals surface area (Å²) in [6.45, 7) is 7.49. The molecule has 5 heteroatoms. The molecule has 3 aliphatic rings. The molecule has 1 aliphatic carbocycles. The Labute approximate surface area is 149 Å². The molecule has 4 rings (SSSR count). The number of benzene rings is 1. The van der Waals surface area contributed by atoms with Gasteiger partial charge in [0.1, 0.15) is 0 Å². The van der Waals surface area contributed by atoms with Crippen LogP contribution in [0.15, 0.2) is 24.3 Å². The van der Waals surface area contributed by atoms with E-state index < -0.39 is 0 Å². The molecule has 0 aromatic heterocycles. The van der Waals surface area contributed by atoms with E-state index in [-0.39, 0.29) is 23.7 Å². The second-order valence-electron chi connectivity index (χ2n) is 7.43. The molecule has 1 saturated heterocycles. The Kier molecular flexibility index (Phi) is 4.50. The predicted octanol–water partition coefficient (Wildman–Crippen LogP) is 1.77. The molecule has 2 amide bonds. The minimum Gasteiger partial charge on any atom is -0.340 e. The van der Waals surface area contributed by atoms with E-state index in [1.807, 2.05) is 28.0 Å². The van der Waals surface area contributed by atoms with Crippen molar-refractivity contribution in [3.8, 4) is 0 Å². The number of nitrogens with zero attached hydrogens (tertiary/aromatic N) is 3. The fraction of sp³-hybridized carbons (Fsp3) is 0.600. The second kappa shape index (κ2) is 6.79. The SMILES string of the molecule is CCN1CCN(C(=O)C2CC2C(=O)N2CCCc3ccccc32)CC1. The van der Waals surface area contributed by atoms with Crippen molar-refractivity contribution in [2.75, 3.05) is 44.2 Å². The van der Waals surface area contributed by atoms with E-state index in [1.165, 1.54) is 5.56 Å². The van der Waals surface area contributed by atoms with Crippen LogP contribution in [0, 0.1) is 11.8 Å². The van der Waals surface area contributed by atoms with Gasteiger partial charge in [0.05, 0.1) is 11.8 Å². The average molecular weight is 341 g/mol. The van der Waals surface area contributed by atoms with Crippen molar-refractivity contribution in [1.82, 2.24) is 9.80 Å². The number of anilines is 1. The molecule has 134 valence electrons. The van der Waals surface area contributed by atoms with Crippen LogP contribution in [-0.4, -0.2) is 60.9 Å². The summed E-state index contributed by atoms with van der Waals surface area (Å²) in [5.74, 6) is 0.148. The Bertz CT molecular complexity index is 667. The molecule has 2 unspecified atom stereocenters. The lowest BCUT2D eigenvalue weighted by molar-refractivity contribution is -0.136. The molecule has 2 heterocycles. The smallest absolute Gasteiger partial charge is 0.230 e. The molecule has 1 aromatic rings. The zero-order valence-electron chi connectivity index (χ0n) is 15.0. The standard InChI is InChI=1S/C20H27N3O2/c1-2-21-10-12-22(13-11-21)19(24)16-14-17(16)20(25)23-9-5-7-15-6-3-4-8-18(15)23/h3-4,6,8,16-17H,2,5,7,9-14H2,1H3. The van der Waals surface area contributed by atoms with E-state index in [0.717, 1.165) is 64.2 Å². The van der Waals surface area contributed by atoms with Crippen molar-refractivity contribution in [2.24, 2.45) is 11.8 Å². The summed E-state index contributed by atoms with van der Waals surface area (Å²) in [7, 11) is 0. The summed E-state index contributed by atoms with van der Waals surface area (Å²) in [6, 6.07) is 8.17. The molecular weight excluding hydrogens is 314 g/mol. The van der Waals surface area contributed by atoms with Gasteiger partial charge in [-0.05, 0) is 37.4 Å². The van der Waals surface area contributed by atoms with Gasteiger partial charge in [-0.15, -0.1) is 0 Å². The van der Waals surface area contributed by atoms with Gasteiger partial charge in [-0.3, -0.25) is 9.59 Å². The zero-order chi connectivity index (χ0) is 17.4. The number of likely N-dealkylation sites (N-methyl/N-ethyl adjacent to an activating group) is 1. The Hall–Kier alpha value is -1.88. The van der Waals surface area contributed by atoms with Crippen LogP contribution in [0.4, 0.5) is 5.69 Å². The highest BCUT2D eigenvalue weighted by Crippen LogP contribution is 2.43. The van der Waals surface area contributed by atoms with Gasteiger partial charge in [0.2, 0.25) is 11.8 Å². The molecule has 2 atom stereocenters. The van der Waals surface area contributed by atoms with Crippen LogP contribution < -0.4 is 4.90 Å².